The molecule has 0 aliphatic heterocycles. The number of para-hydroxylation sites is 1. The van der Waals surface area contributed by atoms with Crippen molar-refractivity contribution >= 4 is 28.3 Å². The molecule has 3 aromatic rings. The first-order chi connectivity index (χ1) is 11.2. The van der Waals surface area contributed by atoms with Gasteiger partial charge in [-0.05, 0) is 29.8 Å². The van der Waals surface area contributed by atoms with Crippen LogP contribution in [0, 0.1) is 5.82 Å². The average Bonchev–Trinajstić information content (AvgIpc) is 2.59. The van der Waals surface area contributed by atoms with Crippen molar-refractivity contribution in [2.24, 2.45) is 0 Å². The van der Waals surface area contributed by atoms with Gasteiger partial charge in [-0.25, -0.2) is 14.4 Å². The third kappa shape index (κ3) is 3.35. The van der Waals surface area contributed by atoms with Gasteiger partial charge in [0.15, 0.2) is 11.6 Å². The van der Waals surface area contributed by atoms with E-state index < -0.39 is 0 Å². The molecule has 2 aromatic carbocycles. The van der Waals surface area contributed by atoms with E-state index in [0.717, 1.165) is 16.5 Å². The molecule has 6 heteroatoms. The van der Waals surface area contributed by atoms with Gasteiger partial charge in [0, 0.05) is 11.9 Å². The number of hydrogen-bond acceptors (Lipinski definition) is 4. The number of nitrogens with zero attached hydrogens (tertiary/aromatic N) is 2. The smallest absolute Gasteiger partial charge is 0.165 e. The summed E-state index contributed by atoms with van der Waals surface area (Å²) >= 11 is 5.85. The summed E-state index contributed by atoms with van der Waals surface area (Å²) in [5, 5.41) is 4.12. The molecule has 0 saturated heterocycles. The average molecular weight is 332 g/mol. The maximum Gasteiger partial charge on any atom is 0.165 e. The maximum absolute atomic E-state index is 13.8. The summed E-state index contributed by atoms with van der Waals surface area (Å²) in [5.74, 6) is 1.30. The van der Waals surface area contributed by atoms with Gasteiger partial charge < -0.3 is 10.1 Å². The normalized spacial score (nSPS) is 10.7. The van der Waals surface area contributed by atoms with Gasteiger partial charge in [-0.2, -0.15) is 0 Å². The molecule has 23 heavy (non-hydrogen) atoms. The van der Waals surface area contributed by atoms with Gasteiger partial charge in [-0.3, -0.25) is 0 Å². The molecule has 1 heterocycles. The highest BCUT2D eigenvalue weighted by molar-refractivity contribution is 6.16. The molecule has 0 aliphatic carbocycles. The fourth-order valence-electron chi connectivity index (χ4n) is 2.32. The summed E-state index contributed by atoms with van der Waals surface area (Å²) in [7, 11) is 1.44. The monoisotopic (exact) mass is 331 g/mol. The minimum atomic E-state index is -0.388. The van der Waals surface area contributed by atoms with Crippen LogP contribution in [-0.4, -0.2) is 17.1 Å². The Bertz CT molecular complexity index is 841. The lowest BCUT2D eigenvalue weighted by Gasteiger charge is -2.11. The lowest BCUT2D eigenvalue weighted by molar-refractivity contribution is 0.386. The fraction of sp³-hybridized carbons (Fsp3) is 0.176. The second-order valence-corrected chi connectivity index (χ2v) is 5.23. The Balaban J connectivity index is 1.88. The molecule has 0 fully saturated rings. The standard InChI is InChI=1S/C17H15ClFN3O/c1-23-15-7-6-11(8-13(15)19)10-20-17-12-4-2-3-5-14(12)21-16(9-18)22-17/h2-8H,9-10H2,1H3,(H,20,21,22). The molecule has 0 aliphatic rings. The minimum Gasteiger partial charge on any atom is -0.494 e. The maximum atomic E-state index is 13.8. The second kappa shape index (κ2) is 6.79. The van der Waals surface area contributed by atoms with Crippen molar-refractivity contribution in [3.05, 3.63) is 59.7 Å². The van der Waals surface area contributed by atoms with Gasteiger partial charge in [0.2, 0.25) is 0 Å². The van der Waals surface area contributed by atoms with E-state index in [1.54, 1.807) is 12.1 Å². The number of methoxy groups -OCH3 is 1. The molecule has 0 amide bonds. The molecule has 3 rings (SSSR count). The molecular weight excluding hydrogens is 317 g/mol. The van der Waals surface area contributed by atoms with Crippen molar-refractivity contribution < 1.29 is 9.13 Å². The van der Waals surface area contributed by atoms with E-state index in [9.17, 15) is 4.39 Å². The van der Waals surface area contributed by atoms with Crippen molar-refractivity contribution in [1.82, 2.24) is 9.97 Å². The number of rotatable bonds is 5. The Labute approximate surface area is 138 Å². The first-order valence-electron chi connectivity index (χ1n) is 7.09. The summed E-state index contributed by atoms with van der Waals surface area (Å²) in [6.07, 6.45) is 0. The van der Waals surface area contributed by atoms with E-state index >= 15 is 0 Å². The number of nitrogens with one attached hydrogen (secondary N) is 1. The largest absolute Gasteiger partial charge is 0.494 e. The number of aromatic nitrogens is 2. The highest BCUT2D eigenvalue weighted by Crippen LogP contribution is 2.22. The third-order valence-electron chi connectivity index (χ3n) is 3.45. The van der Waals surface area contributed by atoms with Crippen LogP contribution in [0.25, 0.3) is 10.9 Å². The van der Waals surface area contributed by atoms with E-state index in [2.05, 4.69) is 15.3 Å². The van der Waals surface area contributed by atoms with Crippen LogP contribution >= 0.6 is 11.6 Å². The third-order valence-corrected chi connectivity index (χ3v) is 3.68. The predicted octanol–water partition coefficient (Wildman–Crippen LogP) is 4.13. The van der Waals surface area contributed by atoms with Gasteiger partial charge in [0.1, 0.15) is 11.6 Å². The van der Waals surface area contributed by atoms with Crippen LogP contribution < -0.4 is 10.1 Å². The van der Waals surface area contributed by atoms with Gasteiger partial charge >= 0.3 is 0 Å². The number of benzene rings is 2. The Kier molecular flexibility index (Phi) is 4.57. The summed E-state index contributed by atoms with van der Waals surface area (Å²) in [5.41, 5.74) is 1.61. The van der Waals surface area contributed by atoms with Gasteiger partial charge in [0.25, 0.3) is 0 Å². The molecule has 0 spiro atoms. The zero-order valence-electron chi connectivity index (χ0n) is 12.5. The molecule has 0 atom stereocenters. The molecule has 1 aromatic heterocycles. The highest BCUT2D eigenvalue weighted by Gasteiger charge is 2.08. The lowest BCUT2D eigenvalue weighted by Crippen LogP contribution is -2.05. The summed E-state index contributed by atoms with van der Waals surface area (Å²) in [6, 6.07) is 12.5. The first kappa shape index (κ1) is 15.5. The van der Waals surface area contributed by atoms with Crippen molar-refractivity contribution in [1.29, 1.82) is 0 Å². The SMILES string of the molecule is COc1ccc(CNc2nc(CCl)nc3ccccc23)cc1F. The molecule has 0 unspecified atom stereocenters. The zero-order valence-corrected chi connectivity index (χ0v) is 13.3. The van der Waals surface area contributed by atoms with Crippen LogP contribution in [0.5, 0.6) is 5.75 Å². The minimum absolute atomic E-state index is 0.227. The van der Waals surface area contributed by atoms with Crippen molar-refractivity contribution in [2.45, 2.75) is 12.4 Å². The first-order valence-corrected chi connectivity index (χ1v) is 7.62. The molecule has 1 N–H and O–H groups in total. The Morgan fingerprint density at radius 1 is 1.17 bits per heavy atom. The highest BCUT2D eigenvalue weighted by atomic mass is 35.5. The molecule has 0 radical (unpaired) electrons. The van der Waals surface area contributed by atoms with Crippen LogP contribution in [-0.2, 0) is 12.4 Å². The lowest BCUT2D eigenvalue weighted by atomic mass is 10.2. The zero-order chi connectivity index (χ0) is 16.2. The topological polar surface area (TPSA) is 47.0 Å². The van der Waals surface area contributed by atoms with E-state index in [-0.39, 0.29) is 17.4 Å². The van der Waals surface area contributed by atoms with Crippen LogP contribution in [0.3, 0.4) is 0 Å². The second-order valence-electron chi connectivity index (χ2n) is 4.96. The Hall–Kier alpha value is -2.40. The van der Waals surface area contributed by atoms with Crippen LogP contribution in [0.2, 0.25) is 0 Å². The summed E-state index contributed by atoms with van der Waals surface area (Å²) < 4.78 is 18.7. The number of hydrogen-bond donors (Lipinski definition) is 1. The Morgan fingerprint density at radius 2 is 2.00 bits per heavy atom. The van der Waals surface area contributed by atoms with Gasteiger partial charge in [-0.1, -0.05) is 18.2 Å². The Morgan fingerprint density at radius 3 is 2.74 bits per heavy atom. The fourth-order valence-corrected chi connectivity index (χ4v) is 2.44. The molecular formula is C17H15ClFN3O. The van der Waals surface area contributed by atoms with Crippen LogP contribution in [0.1, 0.15) is 11.4 Å². The van der Waals surface area contributed by atoms with Gasteiger partial charge in [-0.15, -0.1) is 11.6 Å². The van der Waals surface area contributed by atoms with Crippen molar-refractivity contribution in [2.75, 3.05) is 12.4 Å². The van der Waals surface area contributed by atoms with Crippen LogP contribution in [0.15, 0.2) is 42.5 Å². The number of alkyl halides is 1. The molecule has 118 valence electrons. The quantitative estimate of drug-likeness (QED) is 0.714. The van der Waals surface area contributed by atoms with E-state index in [1.165, 1.54) is 13.2 Å². The molecule has 0 bridgehead atoms. The summed E-state index contributed by atoms with van der Waals surface area (Å²) in [6.45, 7) is 0.434. The number of ether oxygens (including phenoxy) is 1. The van der Waals surface area contributed by atoms with Gasteiger partial charge in [0.05, 0.1) is 18.5 Å². The van der Waals surface area contributed by atoms with Crippen molar-refractivity contribution in [3.8, 4) is 5.75 Å². The molecule has 0 saturated carbocycles. The van der Waals surface area contributed by atoms with E-state index in [1.807, 2.05) is 24.3 Å². The van der Waals surface area contributed by atoms with E-state index in [0.29, 0.717) is 18.2 Å². The number of halogens is 2. The van der Waals surface area contributed by atoms with Crippen LogP contribution in [0.4, 0.5) is 10.2 Å². The number of anilines is 1. The summed E-state index contributed by atoms with van der Waals surface area (Å²) in [4.78, 5) is 8.80. The number of fused-ring (bicyclic) bond motifs is 1. The van der Waals surface area contributed by atoms with Crippen molar-refractivity contribution in [3.63, 3.8) is 0 Å². The predicted molar refractivity (Wildman–Crippen MR) is 89.4 cm³/mol. The molecule has 4 nitrogen and oxygen atoms in total. The van der Waals surface area contributed by atoms with E-state index in [4.69, 9.17) is 16.3 Å².